The van der Waals surface area contributed by atoms with Crippen molar-refractivity contribution < 1.29 is 14.5 Å². The topological polar surface area (TPSA) is 92.6 Å². The first-order valence-electron chi connectivity index (χ1n) is 6.86. The van der Waals surface area contributed by atoms with Gasteiger partial charge in [-0.2, -0.15) is 0 Å². The monoisotopic (exact) mass is 347 g/mol. The first-order chi connectivity index (χ1) is 11.3. The summed E-state index contributed by atoms with van der Waals surface area (Å²) in [7, 11) is 3.29. The first kappa shape index (κ1) is 17.4. The molecule has 24 heavy (non-hydrogen) atoms. The molecule has 0 heterocycles. The van der Waals surface area contributed by atoms with Crippen molar-refractivity contribution >= 4 is 34.8 Å². The molecule has 0 unspecified atom stereocenters. The van der Waals surface area contributed by atoms with Crippen molar-refractivity contribution in [2.45, 2.75) is 0 Å². The number of nitro groups is 1. The fourth-order valence-electron chi connectivity index (χ4n) is 1.95. The van der Waals surface area contributed by atoms with Crippen LogP contribution in [-0.2, 0) is 0 Å². The van der Waals surface area contributed by atoms with Crippen LogP contribution in [0.25, 0.3) is 0 Å². The van der Waals surface area contributed by atoms with Gasteiger partial charge in [0.2, 0.25) is 0 Å². The predicted molar refractivity (Wildman–Crippen MR) is 90.5 cm³/mol. The fraction of sp³-hybridized carbons (Fsp3) is 0.125. The highest BCUT2D eigenvalue weighted by molar-refractivity contribution is 6.32. The molecular weight excluding hydrogens is 334 g/mol. The summed E-state index contributed by atoms with van der Waals surface area (Å²) in [5.41, 5.74) is 0.726. The summed E-state index contributed by atoms with van der Waals surface area (Å²) in [5, 5.41) is 13.4. The molecule has 0 aliphatic heterocycles. The quantitative estimate of drug-likeness (QED) is 0.679. The van der Waals surface area contributed by atoms with Crippen LogP contribution in [0.5, 0.6) is 0 Å². The first-order valence-corrected chi connectivity index (χ1v) is 7.24. The van der Waals surface area contributed by atoms with Crippen LogP contribution >= 0.6 is 11.6 Å². The Balaban J connectivity index is 2.17. The van der Waals surface area contributed by atoms with Crippen LogP contribution < -0.4 is 5.32 Å². The number of nitro benzene ring substituents is 1. The molecule has 2 rings (SSSR count). The van der Waals surface area contributed by atoms with Gasteiger partial charge in [-0.1, -0.05) is 11.6 Å². The molecule has 7 nitrogen and oxygen atoms in total. The van der Waals surface area contributed by atoms with E-state index < -0.39 is 10.8 Å². The van der Waals surface area contributed by atoms with Gasteiger partial charge in [-0.25, -0.2) is 0 Å². The van der Waals surface area contributed by atoms with Gasteiger partial charge in [-0.15, -0.1) is 0 Å². The molecule has 0 bridgehead atoms. The molecule has 0 saturated carbocycles. The van der Waals surface area contributed by atoms with Crippen LogP contribution in [0.4, 0.5) is 11.4 Å². The molecule has 2 amide bonds. The third kappa shape index (κ3) is 3.88. The van der Waals surface area contributed by atoms with E-state index in [0.29, 0.717) is 11.3 Å². The minimum Gasteiger partial charge on any atom is -0.345 e. The zero-order valence-corrected chi connectivity index (χ0v) is 13.7. The molecule has 0 atom stereocenters. The van der Waals surface area contributed by atoms with Gasteiger partial charge in [0.15, 0.2) is 0 Å². The van der Waals surface area contributed by atoms with Crippen molar-refractivity contribution in [3.63, 3.8) is 0 Å². The Bertz CT molecular complexity index is 803. The van der Waals surface area contributed by atoms with Gasteiger partial charge < -0.3 is 10.2 Å². The summed E-state index contributed by atoms with van der Waals surface area (Å²) in [6.07, 6.45) is 0. The van der Waals surface area contributed by atoms with Crippen molar-refractivity contribution in [3.8, 4) is 0 Å². The van der Waals surface area contributed by atoms with E-state index >= 15 is 0 Å². The van der Waals surface area contributed by atoms with E-state index in [4.69, 9.17) is 11.6 Å². The van der Waals surface area contributed by atoms with E-state index in [1.165, 1.54) is 17.0 Å². The van der Waals surface area contributed by atoms with E-state index in [1.807, 2.05) is 0 Å². The summed E-state index contributed by atoms with van der Waals surface area (Å²) in [6, 6.07) is 10.1. The van der Waals surface area contributed by atoms with Crippen molar-refractivity contribution in [2.75, 3.05) is 19.4 Å². The summed E-state index contributed by atoms with van der Waals surface area (Å²) in [5.74, 6) is -0.664. The number of benzene rings is 2. The van der Waals surface area contributed by atoms with Gasteiger partial charge in [-0.05, 0) is 36.4 Å². The van der Waals surface area contributed by atoms with Crippen LogP contribution in [-0.4, -0.2) is 35.7 Å². The Hall–Kier alpha value is -2.93. The second kappa shape index (κ2) is 7.10. The maximum atomic E-state index is 12.2. The van der Waals surface area contributed by atoms with Crippen LogP contribution in [0.3, 0.4) is 0 Å². The molecule has 1 N–H and O–H groups in total. The maximum Gasteiger partial charge on any atom is 0.288 e. The number of halogens is 1. The molecular formula is C16H14ClN3O4. The summed E-state index contributed by atoms with van der Waals surface area (Å²) >= 11 is 5.72. The smallest absolute Gasteiger partial charge is 0.288 e. The second-order valence-electron chi connectivity index (χ2n) is 5.15. The van der Waals surface area contributed by atoms with Gasteiger partial charge in [0.1, 0.15) is 5.02 Å². The molecule has 0 aliphatic carbocycles. The van der Waals surface area contributed by atoms with Gasteiger partial charge in [0, 0.05) is 37.0 Å². The normalized spacial score (nSPS) is 10.1. The lowest BCUT2D eigenvalue weighted by molar-refractivity contribution is -0.384. The van der Waals surface area contributed by atoms with E-state index in [0.717, 1.165) is 6.07 Å². The molecule has 0 radical (unpaired) electrons. The number of hydrogen-bond acceptors (Lipinski definition) is 4. The lowest BCUT2D eigenvalue weighted by Gasteiger charge is -2.11. The zero-order valence-electron chi connectivity index (χ0n) is 12.9. The molecule has 8 heteroatoms. The number of carbonyl (C=O) groups is 2. The van der Waals surface area contributed by atoms with Crippen molar-refractivity contribution in [2.24, 2.45) is 0 Å². The highest BCUT2D eigenvalue weighted by Crippen LogP contribution is 2.25. The van der Waals surface area contributed by atoms with Crippen molar-refractivity contribution in [1.29, 1.82) is 0 Å². The number of hydrogen-bond donors (Lipinski definition) is 1. The fourth-order valence-corrected chi connectivity index (χ4v) is 2.14. The summed E-state index contributed by atoms with van der Waals surface area (Å²) in [4.78, 5) is 35.6. The molecule has 0 saturated heterocycles. The lowest BCUT2D eigenvalue weighted by Crippen LogP contribution is -2.21. The van der Waals surface area contributed by atoms with Crippen LogP contribution in [0, 0.1) is 10.1 Å². The van der Waals surface area contributed by atoms with Gasteiger partial charge in [-0.3, -0.25) is 19.7 Å². The lowest BCUT2D eigenvalue weighted by atomic mass is 10.1. The number of amides is 2. The molecule has 2 aromatic carbocycles. The second-order valence-corrected chi connectivity index (χ2v) is 5.56. The summed E-state index contributed by atoms with van der Waals surface area (Å²) in [6.45, 7) is 0. The Kier molecular flexibility index (Phi) is 5.15. The molecule has 0 aromatic heterocycles. The van der Waals surface area contributed by atoms with E-state index in [2.05, 4.69) is 5.32 Å². The number of rotatable bonds is 4. The third-order valence-electron chi connectivity index (χ3n) is 3.20. The Morgan fingerprint density at radius 1 is 1.08 bits per heavy atom. The standard InChI is InChI=1S/C16H14ClN3O4/c1-19(2)16(22)10-3-6-12(7-4-10)18-15(21)11-5-8-13(17)14(9-11)20(23)24/h3-9H,1-2H3,(H,18,21). The number of nitrogens with one attached hydrogen (secondary N) is 1. The molecule has 2 aromatic rings. The van der Waals surface area contributed by atoms with E-state index in [-0.39, 0.29) is 22.2 Å². The number of nitrogens with zero attached hydrogens (tertiary/aromatic N) is 2. The highest BCUT2D eigenvalue weighted by Gasteiger charge is 2.16. The van der Waals surface area contributed by atoms with E-state index in [1.54, 1.807) is 38.4 Å². The Morgan fingerprint density at radius 2 is 1.67 bits per heavy atom. The largest absolute Gasteiger partial charge is 0.345 e. The van der Waals surface area contributed by atoms with Crippen molar-refractivity contribution in [3.05, 3.63) is 68.7 Å². The zero-order chi connectivity index (χ0) is 17.9. The van der Waals surface area contributed by atoms with Crippen LogP contribution in [0.1, 0.15) is 20.7 Å². The maximum absolute atomic E-state index is 12.2. The Morgan fingerprint density at radius 3 is 2.21 bits per heavy atom. The van der Waals surface area contributed by atoms with Crippen molar-refractivity contribution in [1.82, 2.24) is 4.90 Å². The molecule has 0 fully saturated rings. The van der Waals surface area contributed by atoms with Gasteiger partial charge in [0.25, 0.3) is 17.5 Å². The third-order valence-corrected chi connectivity index (χ3v) is 3.52. The minimum absolute atomic E-state index is 0.0388. The van der Waals surface area contributed by atoms with Crippen LogP contribution in [0.15, 0.2) is 42.5 Å². The van der Waals surface area contributed by atoms with Gasteiger partial charge in [0.05, 0.1) is 4.92 Å². The number of carbonyl (C=O) groups excluding carboxylic acids is 2. The molecule has 0 spiro atoms. The highest BCUT2D eigenvalue weighted by atomic mass is 35.5. The molecule has 124 valence electrons. The minimum atomic E-state index is -0.652. The average molecular weight is 348 g/mol. The number of anilines is 1. The Labute approximate surface area is 143 Å². The molecule has 0 aliphatic rings. The SMILES string of the molecule is CN(C)C(=O)c1ccc(NC(=O)c2ccc(Cl)c([N+](=O)[O-])c2)cc1. The van der Waals surface area contributed by atoms with Gasteiger partial charge >= 0.3 is 0 Å². The predicted octanol–water partition coefficient (Wildman–Crippen LogP) is 3.20. The summed E-state index contributed by atoms with van der Waals surface area (Å²) < 4.78 is 0. The van der Waals surface area contributed by atoms with E-state index in [9.17, 15) is 19.7 Å². The average Bonchev–Trinajstić information content (AvgIpc) is 2.54. The van der Waals surface area contributed by atoms with Crippen LogP contribution in [0.2, 0.25) is 5.02 Å².